The van der Waals surface area contributed by atoms with Gasteiger partial charge in [0.1, 0.15) is 0 Å². The van der Waals surface area contributed by atoms with Crippen LogP contribution in [0.2, 0.25) is 0 Å². The van der Waals surface area contributed by atoms with E-state index < -0.39 is 16.9 Å². The molecule has 1 aromatic heterocycles. The van der Waals surface area contributed by atoms with Crippen LogP contribution in [0.15, 0.2) is 57.8 Å². The lowest BCUT2D eigenvalue weighted by atomic mass is 9.52. The number of pyridine rings is 1. The van der Waals surface area contributed by atoms with E-state index in [0.29, 0.717) is 59.8 Å². The number of carboxylic acid groups (broad SMARTS) is 1. The van der Waals surface area contributed by atoms with Crippen molar-refractivity contribution in [2.75, 3.05) is 0 Å². The van der Waals surface area contributed by atoms with Crippen LogP contribution in [0.25, 0.3) is 16.5 Å². The molecular weight excluding hydrogens is 496 g/mol. The number of rotatable bonds is 4. The Morgan fingerprint density at radius 1 is 1.06 bits per heavy atom. The highest BCUT2D eigenvalue weighted by molar-refractivity contribution is 9.10. The number of carbonyl (C=O) groups is 2. The first-order chi connectivity index (χ1) is 16.2. The molecule has 1 amide bonds. The van der Waals surface area contributed by atoms with Crippen LogP contribution >= 0.6 is 15.9 Å². The van der Waals surface area contributed by atoms with Gasteiger partial charge in [-0.25, -0.2) is 0 Å². The third-order valence-corrected chi connectivity index (χ3v) is 8.66. The second-order valence-electron chi connectivity index (χ2n) is 9.93. The zero-order valence-corrected chi connectivity index (χ0v) is 20.8. The van der Waals surface area contributed by atoms with E-state index in [9.17, 15) is 19.5 Å². The molecular formula is C27H27BrN2O4. The van der Waals surface area contributed by atoms with Gasteiger partial charge in [-0.3, -0.25) is 19.0 Å². The van der Waals surface area contributed by atoms with Crippen molar-refractivity contribution < 1.29 is 14.7 Å². The van der Waals surface area contributed by atoms with Gasteiger partial charge in [0, 0.05) is 32.2 Å². The molecule has 2 bridgehead atoms. The molecule has 3 fully saturated rings. The van der Waals surface area contributed by atoms with Gasteiger partial charge in [0.2, 0.25) is 0 Å². The standard InChI is InChI=1S/C27H27BrN2O4/c1-16-15-26(10-12-27(16,13-11-26)25(33)34)29-23(31)22-17(2)30(19-6-4-3-5-7-19)24(32)20-9-8-18(28)14-21(20)22/h3-9,14,16H,10-13,15H2,1-2H3,(H,29,31)(H,33,34). The molecule has 176 valence electrons. The number of nitrogens with one attached hydrogen (secondary N) is 1. The summed E-state index contributed by atoms with van der Waals surface area (Å²) >= 11 is 3.49. The van der Waals surface area contributed by atoms with Crippen LogP contribution in [0.3, 0.4) is 0 Å². The van der Waals surface area contributed by atoms with E-state index in [2.05, 4.69) is 21.2 Å². The maximum atomic E-state index is 13.9. The molecule has 3 aliphatic carbocycles. The fourth-order valence-electron chi connectivity index (χ4n) is 6.22. The van der Waals surface area contributed by atoms with E-state index >= 15 is 0 Å². The van der Waals surface area contributed by atoms with Crippen LogP contribution in [0.5, 0.6) is 0 Å². The minimum Gasteiger partial charge on any atom is -0.481 e. The van der Waals surface area contributed by atoms with Gasteiger partial charge in [-0.15, -0.1) is 0 Å². The molecule has 1 heterocycles. The average Bonchev–Trinajstić information content (AvgIpc) is 2.80. The maximum Gasteiger partial charge on any atom is 0.309 e. The summed E-state index contributed by atoms with van der Waals surface area (Å²) < 4.78 is 2.39. The number of fused-ring (bicyclic) bond motifs is 4. The normalized spacial score (nSPS) is 25.9. The Bertz CT molecular complexity index is 1370. The van der Waals surface area contributed by atoms with Crippen LogP contribution in [0.1, 0.15) is 55.1 Å². The first kappa shape index (κ1) is 22.8. The number of amides is 1. The number of hydrogen-bond acceptors (Lipinski definition) is 3. The highest BCUT2D eigenvalue weighted by atomic mass is 79.9. The van der Waals surface area contributed by atoms with E-state index in [1.54, 1.807) is 17.6 Å². The van der Waals surface area contributed by atoms with Crippen molar-refractivity contribution in [1.29, 1.82) is 0 Å². The lowest BCUT2D eigenvalue weighted by molar-refractivity contribution is -0.162. The van der Waals surface area contributed by atoms with E-state index in [1.165, 1.54) is 0 Å². The lowest BCUT2D eigenvalue weighted by Gasteiger charge is -2.55. The SMILES string of the molecule is Cc1c(C(=O)NC23CCC(C(=O)O)(CC2)C(C)C3)c2cc(Br)ccc2c(=O)n1-c1ccccc1. The summed E-state index contributed by atoms with van der Waals surface area (Å²) in [6.07, 6.45) is 3.07. The second-order valence-corrected chi connectivity index (χ2v) is 10.8. The summed E-state index contributed by atoms with van der Waals surface area (Å²) in [5.41, 5.74) is 0.484. The smallest absolute Gasteiger partial charge is 0.309 e. The fourth-order valence-corrected chi connectivity index (χ4v) is 6.58. The van der Waals surface area contributed by atoms with Crippen molar-refractivity contribution in [3.8, 4) is 5.69 Å². The highest BCUT2D eigenvalue weighted by Crippen LogP contribution is 2.55. The van der Waals surface area contributed by atoms with Crippen LogP contribution in [-0.2, 0) is 4.79 Å². The zero-order chi connectivity index (χ0) is 24.3. The number of nitrogens with zero attached hydrogens (tertiary/aromatic N) is 1. The molecule has 6 nitrogen and oxygen atoms in total. The molecule has 3 aromatic rings. The molecule has 3 aliphatic rings. The molecule has 1 unspecified atom stereocenters. The molecule has 1 atom stereocenters. The van der Waals surface area contributed by atoms with Crippen molar-refractivity contribution in [1.82, 2.24) is 9.88 Å². The number of para-hydroxylation sites is 1. The predicted octanol–water partition coefficient (Wildman–Crippen LogP) is 5.22. The Hall–Kier alpha value is -2.93. The molecule has 6 rings (SSSR count). The Morgan fingerprint density at radius 3 is 2.35 bits per heavy atom. The molecule has 2 N–H and O–H groups in total. The number of aliphatic carboxylic acids is 1. The second kappa shape index (κ2) is 8.08. The van der Waals surface area contributed by atoms with Crippen molar-refractivity contribution >= 4 is 38.6 Å². The minimum atomic E-state index is -0.721. The number of aromatic nitrogens is 1. The Labute approximate surface area is 206 Å². The van der Waals surface area contributed by atoms with E-state index in [4.69, 9.17) is 0 Å². The van der Waals surface area contributed by atoms with Gasteiger partial charge in [0.25, 0.3) is 11.5 Å². The lowest BCUT2D eigenvalue weighted by Crippen LogP contribution is -2.61. The molecule has 2 aromatic carbocycles. The fraction of sp³-hybridized carbons (Fsp3) is 0.370. The van der Waals surface area contributed by atoms with Crippen molar-refractivity contribution in [3.05, 3.63) is 74.6 Å². The van der Waals surface area contributed by atoms with Crippen molar-refractivity contribution in [2.45, 2.75) is 51.5 Å². The molecule has 0 radical (unpaired) electrons. The summed E-state index contributed by atoms with van der Waals surface area (Å²) in [5.74, 6) is -0.957. The molecule has 0 aliphatic heterocycles. The summed E-state index contributed by atoms with van der Waals surface area (Å²) in [6, 6.07) is 14.7. The van der Waals surface area contributed by atoms with Gasteiger partial charge in [0.05, 0.1) is 11.0 Å². The summed E-state index contributed by atoms with van der Waals surface area (Å²) in [7, 11) is 0. The summed E-state index contributed by atoms with van der Waals surface area (Å²) in [4.78, 5) is 39.3. The topological polar surface area (TPSA) is 88.4 Å². The Kier molecular flexibility index (Phi) is 5.43. The van der Waals surface area contributed by atoms with Gasteiger partial charge in [-0.1, -0.05) is 41.1 Å². The van der Waals surface area contributed by atoms with Crippen LogP contribution in [-0.4, -0.2) is 27.1 Å². The Morgan fingerprint density at radius 2 is 1.74 bits per heavy atom. The van der Waals surface area contributed by atoms with Crippen LogP contribution in [0, 0.1) is 18.3 Å². The van der Waals surface area contributed by atoms with Crippen LogP contribution < -0.4 is 10.9 Å². The van der Waals surface area contributed by atoms with Gasteiger partial charge in [0.15, 0.2) is 0 Å². The number of hydrogen-bond donors (Lipinski definition) is 2. The van der Waals surface area contributed by atoms with Crippen LogP contribution in [0.4, 0.5) is 0 Å². The third kappa shape index (κ3) is 3.40. The quantitative estimate of drug-likeness (QED) is 0.491. The van der Waals surface area contributed by atoms with Gasteiger partial charge in [-0.2, -0.15) is 0 Å². The molecule has 0 saturated heterocycles. The van der Waals surface area contributed by atoms with E-state index in [1.807, 2.05) is 49.4 Å². The maximum absolute atomic E-state index is 13.9. The first-order valence-corrected chi connectivity index (χ1v) is 12.4. The van der Waals surface area contributed by atoms with Gasteiger partial charge in [-0.05, 0) is 75.3 Å². The van der Waals surface area contributed by atoms with Gasteiger partial charge < -0.3 is 10.4 Å². The summed E-state index contributed by atoms with van der Waals surface area (Å²) in [5, 5.41) is 14.2. The summed E-state index contributed by atoms with van der Waals surface area (Å²) in [6.45, 7) is 3.79. The Balaban J connectivity index is 1.61. The zero-order valence-electron chi connectivity index (χ0n) is 19.2. The van der Waals surface area contributed by atoms with Crippen molar-refractivity contribution in [2.24, 2.45) is 11.3 Å². The first-order valence-electron chi connectivity index (χ1n) is 11.6. The molecule has 0 spiro atoms. The molecule has 3 saturated carbocycles. The van der Waals surface area contributed by atoms with E-state index in [0.717, 1.165) is 4.47 Å². The highest BCUT2D eigenvalue weighted by Gasteiger charge is 2.57. The van der Waals surface area contributed by atoms with E-state index in [-0.39, 0.29) is 17.4 Å². The predicted molar refractivity (Wildman–Crippen MR) is 134 cm³/mol. The third-order valence-electron chi connectivity index (χ3n) is 8.17. The molecule has 7 heteroatoms. The largest absolute Gasteiger partial charge is 0.481 e. The van der Waals surface area contributed by atoms with Gasteiger partial charge >= 0.3 is 5.97 Å². The number of carboxylic acids is 1. The average molecular weight is 523 g/mol. The monoisotopic (exact) mass is 522 g/mol. The number of carbonyl (C=O) groups excluding carboxylic acids is 1. The number of halogens is 1. The van der Waals surface area contributed by atoms with Crippen molar-refractivity contribution in [3.63, 3.8) is 0 Å². The minimum absolute atomic E-state index is 0.0157. The number of benzene rings is 2. The molecule has 34 heavy (non-hydrogen) atoms.